The van der Waals surface area contributed by atoms with Crippen molar-refractivity contribution in [1.82, 2.24) is 0 Å². The van der Waals surface area contributed by atoms with E-state index in [-0.39, 0.29) is 18.2 Å². The van der Waals surface area contributed by atoms with Gasteiger partial charge in [-0.1, -0.05) is 56.2 Å². The fraction of sp³-hybridized carbons (Fsp3) is 0.667. The van der Waals surface area contributed by atoms with Crippen LogP contribution in [0.4, 0.5) is 0 Å². The second kappa shape index (κ2) is 13.9. The van der Waals surface area contributed by atoms with Crippen molar-refractivity contribution in [3.05, 3.63) is 36.5 Å². The lowest BCUT2D eigenvalue weighted by atomic mass is 10.1. The average molecular weight is 350 g/mol. The lowest BCUT2D eigenvalue weighted by molar-refractivity contribution is -0.140. The second-order valence-corrected chi connectivity index (χ2v) is 6.44. The SMILES string of the molecule is CCCCC/C=C\C[C@@H]1O[C@H]1[C@@H](O)/C=C\C/C=C\CCCC(=O)OC. The van der Waals surface area contributed by atoms with E-state index in [1.165, 1.54) is 26.4 Å². The normalized spacial score (nSPS) is 21.4. The van der Waals surface area contributed by atoms with Crippen molar-refractivity contribution in [2.24, 2.45) is 0 Å². The third-order valence-electron chi connectivity index (χ3n) is 4.22. The van der Waals surface area contributed by atoms with E-state index in [9.17, 15) is 9.90 Å². The van der Waals surface area contributed by atoms with Gasteiger partial charge in [0.05, 0.1) is 13.2 Å². The molecule has 0 aromatic heterocycles. The van der Waals surface area contributed by atoms with Crippen LogP contribution in [0.5, 0.6) is 0 Å². The average Bonchev–Trinajstić information content (AvgIpc) is 3.39. The van der Waals surface area contributed by atoms with Gasteiger partial charge in [0, 0.05) is 6.42 Å². The Kier molecular flexibility index (Phi) is 12.0. The molecule has 0 unspecified atom stereocenters. The molecule has 1 aliphatic heterocycles. The van der Waals surface area contributed by atoms with Crippen LogP contribution in [0.25, 0.3) is 0 Å². The minimum atomic E-state index is -0.522. The number of rotatable bonds is 14. The van der Waals surface area contributed by atoms with E-state index in [2.05, 4.69) is 29.9 Å². The first-order valence-corrected chi connectivity index (χ1v) is 9.56. The fourth-order valence-electron chi connectivity index (χ4n) is 2.59. The van der Waals surface area contributed by atoms with Crippen LogP contribution in [-0.2, 0) is 14.3 Å². The number of esters is 1. The number of hydrogen-bond donors (Lipinski definition) is 1. The van der Waals surface area contributed by atoms with E-state index >= 15 is 0 Å². The molecule has 1 N–H and O–H groups in total. The molecule has 1 heterocycles. The molecule has 142 valence electrons. The monoisotopic (exact) mass is 350 g/mol. The summed E-state index contributed by atoms with van der Waals surface area (Å²) < 4.78 is 10.1. The molecule has 0 bridgehead atoms. The summed E-state index contributed by atoms with van der Waals surface area (Å²) in [7, 11) is 1.41. The highest BCUT2D eigenvalue weighted by Crippen LogP contribution is 2.29. The number of aliphatic hydroxyl groups is 1. The van der Waals surface area contributed by atoms with Crippen LogP contribution >= 0.6 is 0 Å². The maximum atomic E-state index is 10.9. The molecule has 1 rings (SSSR count). The Hall–Kier alpha value is -1.39. The maximum absolute atomic E-state index is 10.9. The van der Waals surface area contributed by atoms with Crippen LogP contribution in [0.15, 0.2) is 36.5 Å². The summed E-state index contributed by atoms with van der Waals surface area (Å²) in [5, 5.41) is 10.0. The van der Waals surface area contributed by atoms with Gasteiger partial charge in [-0.3, -0.25) is 4.79 Å². The smallest absolute Gasteiger partial charge is 0.305 e. The molecule has 0 radical (unpaired) electrons. The van der Waals surface area contributed by atoms with Crippen molar-refractivity contribution in [2.75, 3.05) is 7.11 Å². The quantitative estimate of drug-likeness (QED) is 0.217. The highest BCUT2D eigenvalue weighted by molar-refractivity contribution is 5.69. The first kappa shape index (κ1) is 21.7. The minimum absolute atomic E-state index is 0.0550. The van der Waals surface area contributed by atoms with Crippen LogP contribution in [0, 0.1) is 0 Å². The third-order valence-corrected chi connectivity index (χ3v) is 4.22. The number of carbonyl (C=O) groups is 1. The number of carbonyl (C=O) groups excluding carboxylic acids is 1. The van der Waals surface area contributed by atoms with Crippen LogP contribution < -0.4 is 0 Å². The molecule has 0 aliphatic carbocycles. The van der Waals surface area contributed by atoms with Crippen molar-refractivity contribution < 1.29 is 19.4 Å². The van der Waals surface area contributed by atoms with Crippen LogP contribution in [0.3, 0.4) is 0 Å². The van der Waals surface area contributed by atoms with Gasteiger partial charge in [0.1, 0.15) is 12.2 Å². The Labute approximate surface area is 152 Å². The zero-order chi connectivity index (χ0) is 18.3. The summed E-state index contributed by atoms with van der Waals surface area (Å²) in [5.41, 5.74) is 0. The topological polar surface area (TPSA) is 59.1 Å². The van der Waals surface area contributed by atoms with Gasteiger partial charge in [-0.15, -0.1) is 0 Å². The van der Waals surface area contributed by atoms with Gasteiger partial charge in [-0.25, -0.2) is 0 Å². The van der Waals surface area contributed by atoms with Gasteiger partial charge in [0.15, 0.2) is 0 Å². The van der Waals surface area contributed by atoms with E-state index in [4.69, 9.17) is 4.74 Å². The summed E-state index contributed by atoms with van der Waals surface area (Å²) in [5.74, 6) is -0.161. The summed E-state index contributed by atoms with van der Waals surface area (Å²) >= 11 is 0. The molecule has 0 amide bonds. The molecule has 4 heteroatoms. The predicted octanol–water partition coefficient (Wildman–Crippen LogP) is 4.49. The van der Waals surface area contributed by atoms with Gasteiger partial charge >= 0.3 is 5.97 Å². The Morgan fingerprint density at radius 1 is 1.12 bits per heavy atom. The van der Waals surface area contributed by atoms with E-state index in [1.807, 2.05) is 18.2 Å². The third kappa shape index (κ3) is 11.0. The van der Waals surface area contributed by atoms with Crippen LogP contribution in [0.1, 0.15) is 64.7 Å². The number of methoxy groups -OCH3 is 1. The van der Waals surface area contributed by atoms with E-state index < -0.39 is 6.10 Å². The van der Waals surface area contributed by atoms with Crippen LogP contribution in [-0.4, -0.2) is 36.5 Å². The maximum Gasteiger partial charge on any atom is 0.305 e. The van der Waals surface area contributed by atoms with Gasteiger partial charge < -0.3 is 14.6 Å². The summed E-state index contributed by atoms with van der Waals surface area (Å²) in [6, 6.07) is 0. The number of epoxide rings is 1. The van der Waals surface area contributed by atoms with Gasteiger partial charge in [0.25, 0.3) is 0 Å². The molecule has 1 saturated heterocycles. The molecule has 1 fully saturated rings. The standard InChI is InChI=1S/C21H34O4/c1-3-4-5-6-10-13-16-19-21(25-19)18(22)15-12-9-7-8-11-14-17-20(23)24-2/h7-8,10,12-13,15,18-19,21-22H,3-6,9,11,14,16-17H2,1-2H3/b8-7-,13-10-,15-12-/t18-,19-,21-/m0/s1. The second-order valence-electron chi connectivity index (χ2n) is 6.44. The number of hydrogen-bond acceptors (Lipinski definition) is 4. The molecule has 0 aromatic carbocycles. The zero-order valence-corrected chi connectivity index (χ0v) is 15.7. The van der Waals surface area contributed by atoms with Gasteiger partial charge in [0.2, 0.25) is 0 Å². The lowest BCUT2D eigenvalue weighted by Gasteiger charge is -1.99. The minimum Gasteiger partial charge on any atom is -0.469 e. The lowest BCUT2D eigenvalue weighted by Crippen LogP contribution is -2.13. The molecule has 0 saturated carbocycles. The first-order chi connectivity index (χ1) is 12.2. The summed E-state index contributed by atoms with van der Waals surface area (Å²) in [4.78, 5) is 10.9. The van der Waals surface area contributed by atoms with Crippen molar-refractivity contribution in [3.8, 4) is 0 Å². The number of unbranched alkanes of at least 4 members (excludes halogenated alkanes) is 4. The largest absolute Gasteiger partial charge is 0.469 e. The molecular weight excluding hydrogens is 316 g/mol. The fourth-order valence-corrected chi connectivity index (χ4v) is 2.59. The number of aliphatic hydroxyl groups excluding tert-OH is 1. The molecular formula is C21H34O4. The summed E-state index contributed by atoms with van der Waals surface area (Å²) in [6.45, 7) is 2.21. The zero-order valence-electron chi connectivity index (χ0n) is 15.7. The number of ether oxygens (including phenoxy) is 2. The van der Waals surface area contributed by atoms with Crippen molar-refractivity contribution >= 4 is 5.97 Å². The molecule has 0 aromatic rings. The van der Waals surface area contributed by atoms with E-state index in [1.54, 1.807) is 0 Å². The van der Waals surface area contributed by atoms with Crippen molar-refractivity contribution in [3.63, 3.8) is 0 Å². The van der Waals surface area contributed by atoms with Gasteiger partial charge in [-0.2, -0.15) is 0 Å². The Morgan fingerprint density at radius 3 is 2.64 bits per heavy atom. The Morgan fingerprint density at radius 2 is 1.88 bits per heavy atom. The highest BCUT2D eigenvalue weighted by Gasteiger charge is 2.42. The molecule has 1 aliphatic rings. The molecule has 0 spiro atoms. The van der Waals surface area contributed by atoms with Crippen molar-refractivity contribution in [2.45, 2.75) is 83.0 Å². The van der Waals surface area contributed by atoms with Crippen molar-refractivity contribution in [1.29, 1.82) is 0 Å². The Bertz CT molecular complexity index is 439. The number of allylic oxidation sites excluding steroid dienone is 4. The van der Waals surface area contributed by atoms with Gasteiger partial charge in [-0.05, 0) is 38.5 Å². The molecule has 4 nitrogen and oxygen atoms in total. The van der Waals surface area contributed by atoms with E-state index in [0.29, 0.717) is 6.42 Å². The highest BCUT2D eigenvalue weighted by atomic mass is 16.6. The van der Waals surface area contributed by atoms with E-state index in [0.717, 1.165) is 32.1 Å². The Balaban J connectivity index is 2.04. The molecule has 25 heavy (non-hydrogen) atoms. The predicted molar refractivity (Wildman–Crippen MR) is 101 cm³/mol. The summed E-state index contributed by atoms with van der Waals surface area (Å²) in [6.07, 6.45) is 20.6. The first-order valence-electron chi connectivity index (χ1n) is 9.56. The van der Waals surface area contributed by atoms with Crippen LogP contribution in [0.2, 0.25) is 0 Å². The molecule has 3 atom stereocenters.